The Hall–Kier alpha value is -1.79. The number of hydrogen-bond donors (Lipinski definition) is 2. The highest BCUT2D eigenvalue weighted by atomic mass is 16.4. The number of hydrogen-bond acceptors (Lipinski definition) is 3. The number of rotatable bonds is 4. The van der Waals surface area contributed by atoms with Crippen molar-refractivity contribution in [2.45, 2.75) is 39.2 Å². The molecular formula is C15H25N3O4. The van der Waals surface area contributed by atoms with E-state index in [0.29, 0.717) is 19.5 Å². The first-order valence-electron chi connectivity index (χ1n) is 7.85. The SMILES string of the molecule is CCN(C)C(=O)C(C)NC(=O)N1C[C@@H]2CCC[C@@]2(C(=O)O)C1. The van der Waals surface area contributed by atoms with E-state index in [1.165, 1.54) is 0 Å². The summed E-state index contributed by atoms with van der Waals surface area (Å²) in [4.78, 5) is 39.0. The lowest BCUT2D eigenvalue weighted by Gasteiger charge is -2.25. The van der Waals surface area contributed by atoms with Gasteiger partial charge < -0.3 is 20.2 Å². The van der Waals surface area contributed by atoms with Crippen molar-refractivity contribution < 1.29 is 19.5 Å². The van der Waals surface area contributed by atoms with Crippen LogP contribution in [0.5, 0.6) is 0 Å². The van der Waals surface area contributed by atoms with Crippen molar-refractivity contribution in [3.8, 4) is 0 Å². The summed E-state index contributed by atoms with van der Waals surface area (Å²) in [5.74, 6) is -0.927. The summed E-state index contributed by atoms with van der Waals surface area (Å²) >= 11 is 0. The van der Waals surface area contributed by atoms with E-state index >= 15 is 0 Å². The minimum absolute atomic E-state index is 0.0278. The Labute approximate surface area is 130 Å². The van der Waals surface area contributed by atoms with Crippen LogP contribution in [0, 0.1) is 11.3 Å². The second-order valence-electron chi connectivity index (χ2n) is 6.45. The minimum Gasteiger partial charge on any atom is -0.481 e. The Balaban J connectivity index is 1.98. The number of carbonyl (C=O) groups is 3. The average molecular weight is 311 g/mol. The van der Waals surface area contributed by atoms with Gasteiger partial charge in [0.25, 0.3) is 0 Å². The molecule has 0 aromatic carbocycles. The highest BCUT2D eigenvalue weighted by Crippen LogP contribution is 2.48. The number of fused-ring (bicyclic) bond motifs is 1. The van der Waals surface area contributed by atoms with Crippen molar-refractivity contribution in [2.24, 2.45) is 11.3 Å². The molecular weight excluding hydrogens is 286 g/mol. The second-order valence-corrected chi connectivity index (χ2v) is 6.45. The zero-order valence-electron chi connectivity index (χ0n) is 13.5. The van der Waals surface area contributed by atoms with Crippen molar-refractivity contribution in [2.75, 3.05) is 26.7 Å². The first kappa shape index (κ1) is 16.6. The first-order valence-corrected chi connectivity index (χ1v) is 7.85. The molecule has 3 amide bonds. The molecule has 22 heavy (non-hydrogen) atoms. The lowest BCUT2D eigenvalue weighted by Crippen LogP contribution is -2.50. The predicted molar refractivity (Wildman–Crippen MR) is 80.3 cm³/mol. The van der Waals surface area contributed by atoms with Crippen LogP contribution in [0.3, 0.4) is 0 Å². The molecule has 2 fully saturated rings. The van der Waals surface area contributed by atoms with Crippen LogP contribution >= 0.6 is 0 Å². The van der Waals surface area contributed by atoms with Crippen LogP contribution in [0.1, 0.15) is 33.1 Å². The highest BCUT2D eigenvalue weighted by molar-refractivity contribution is 5.87. The summed E-state index contributed by atoms with van der Waals surface area (Å²) in [5.41, 5.74) is -0.787. The van der Waals surface area contributed by atoms with Crippen molar-refractivity contribution in [1.82, 2.24) is 15.1 Å². The molecule has 2 N–H and O–H groups in total. The molecule has 1 aliphatic carbocycles. The van der Waals surface area contributed by atoms with E-state index in [4.69, 9.17) is 0 Å². The molecule has 7 heteroatoms. The number of urea groups is 1. The van der Waals surface area contributed by atoms with Crippen LogP contribution in [0.15, 0.2) is 0 Å². The molecule has 1 aliphatic heterocycles. The number of likely N-dealkylation sites (tertiary alicyclic amines) is 1. The minimum atomic E-state index is -0.805. The van der Waals surface area contributed by atoms with Gasteiger partial charge in [0, 0.05) is 26.7 Å². The fraction of sp³-hybridized carbons (Fsp3) is 0.800. The van der Waals surface area contributed by atoms with Gasteiger partial charge >= 0.3 is 12.0 Å². The zero-order chi connectivity index (χ0) is 16.5. The van der Waals surface area contributed by atoms with Crippen LogP contribution in [0.4, 0.5) is 4.79 Å². The zero-order valence-corrected chi connectivity index (χ0v) is 13.5. The van der Waals surface area contributed by atoms with E-state index in [0.717, 1.165) is 12.8 Å². The third-order valence-corrected chi connectivity index (χ3v) is 5.14. The summed E-state index contributed by atoms with van der Waals surface area (Å²) in [7, 11) is 1.69. The molecule has 1 saturated heterocycles. The standard InChI is InChI=1S/C15H25N3O4/c1-4-17(3)12(19)10(2)16-14(22)18-8-11-6-5-7-15(11,9-18)13(20)21/h10-11H,4-9H2,1-3H3,(H,16,22)(H,20,21)/t10?,11-,15+/m0/s1. The highest BCUT2D eigenvalue weighted by Gasteiger charge is 2.55. The van der Waals surface area contributed by atoms with E-state index < -0.39 is 17.4 Å². The first-order chi connectivity index (χ1) is 10.3. The number of carboxylic acid groups (broad SMARTS) is 1. The van der Waals surface area contributed by atoms with Gasteiger partial charge in [-0.15, -0.1) is 0 Å². The van der Waals surface area contributed by atoms with Gasteiger partial charge in [0.2, 0.25) is 5.91 Å². The summed E-state index contributed by atoms with van der Waals surface area (Å²) in [6, 6.07) is -0.959. The van der Waals surface area contributed by atoms with E-state index in [1.54, 1.807) is 23.8 Å². The van der Waals surface area contributed by atoms with Crippen LogP contribution in [-0.4, -0.2) is 65.5 Å². The second kappa shape index (κ2) is 6.14. The Morgan fingerprint density at radius 1 is 1.45 bits per heavy atom. The number of amides is 3. The van der Waals surface area contributed by atoms with Gasteiger partial charge in [0.15, 0.2) is 0 Å². The summed E-state index contributed by atoms with van der Waals surface area (Å²) in [5, 5.41) is 12.2. The lowest BCUT2D eigenvalue weighted by atomic mass is 9.81. The van der Waals surface area contributed by atoms with E-state index in [1.807, 2.05) is 6.92 Å². The molecule has 0 aromatic heterocycles. The summed E-state index contributed by atoms with van der Waals surface area (Å²) < 4.78 is 0. The number of nitrogens with one attached hydrogen (secondary N) is 1. The fourth-order valence-electron chi connectivity index (χ4n) is 3.62. The molecule has 1 saturated carbocycles. The van der Waals surface area contributed by atoms with Gasteiger partial charge in [-0.25, -0.2) is 4.79 Å². The Morgan fingerprint density at radius 3 is 2.68 bits per heavy atom. The largest absolute Gasteiger partial charge is 0.481 e. The summed E-state index contributed by atoms with van der Waals surface area (Å²) in [6.07, 6.45) is 2.38. The molecule has 124 valence electrons. The topological polar surface area (TPSA) is 90.0 Å². The van der Waals surface area contributed by atoms with Gasteiger partial charge in [-0.1, -0.05) is 6.42 Å². The van der Waals surface area contributed by atoms with Gasteiger partial charge in [-0.2, -0.15) is 0 Å². The molecule has 0 aromatic rings. The van der Waals surface area contributed by atoms with E-state index in [-0.39, 0.29) is 24.4 Å². The molecule has 2 aliphatic rings. The number of carbonyl (C=O) groups excluding carboxylic acids is 2. The van der Waals surface area contributed by atoms with Crippen molar-refractivity contribution >= 4 is 17.9 Å². The molecule has 0 radical (unpaired) electrons. The summed E-state index contributed by atoms with van der Waals surface area (Å²) in [6.45, 7) is 4.79. The maximum atomic E-state index is 12.3. The third-order valence-electron chi connectivity index (χ3n) is 5.14. The Bertz CT molecular complexity index is 481. The van der Waals surface area contributed by atoms with Gasteiger partial charge in [-0.05, 0) is 32.6 Å². The fourth-order valence-corrected chi connectivity index (χ4v) is 3.62. The predicted octanol–water partition coefficient (Wildman–Crippen LogP) is 0.750. The molecule has 2 rings (SSSR count). The number of aliphatic carboxylic acids is 1. The van der Waals surface area contributed by atoms with Crippen LogP contribution in [-0.2, 0) is 9.59 Å². The van der Waals surface area contributed by atoms with E-state index in [2.05, 4.69) is 5.32 Å². The smallest absolute Gasteiger partial charge is 0.318 e. The van der Waals surface area contributed by atoms with Crippen molar-refractivity contribution in [3.63, 3.8) is 0 Å². The normalized spacial score (nSPS) is 28.1. The molecule has 0 spiro atoms. The lowest BCUT2D eigenvalue weighted by molar-refractivity contribution is -0.149. The Kier molecular flexibility index (Phi) is 4.63. The number of nitrogens with zero attached hydrogens (tertiary/aromatic N) is 2. The maximum Gasteiger partial charge on any atom is 0.318 e. The molecule has 1 unspecified atom stereocenters. The average Bonchev–Trinajstić information content (AvgIpc) is 3.03. The number of carboxylic acids is 1. The van der Waals surface area contributed by atoms with Crippen LogP contribution < -0.4 is 5.32 Å². The molecule has 7 nitrogen and oxygen atoms in total. The van der Waals surface area contributed by atoms with Crippen molar-refractivity contribution in [3.05, 3.63) is 0 Å². The van der Waals surface area contributed by atoms with Crippen LogP contribution in [0.25, 0.3) is 0 Å². The third kappa shape index (κ3) is 2.76. The number of likely N-dealkylation sites (N-methyl/N-ethyl adjacent to an activating group) is 1. The Morgan fingerprint density at radius 2 is 2.14 bits per heavy atom. The maximum absolute atomic E-state index is 12.3. The van der Waals surface area contributed by atoms with Crippen molar-refractivity contribution in [1.29, 1.82) is 0 Å². The van der Waals surface area contributed by atoms with Crippen LogP contribution in [0.2, 0.25) is 0 Å². The van der Waals surface area contributed by atoms with Gasteiger partial charge in [0.1, 0.15) is 6.04 Å². The quantitative estimate of drug-likeness (QED) is 0.801. The van der Waals surface area contributed by atoms with Gasteiger partial charge in [0.05, 0.1) is 5.41 Å². The van der Waals surface area contributed by atoms with E-state index in [9.17, 15) is 19.5 Å². The molecule has 0 bridgehead atoms. The molecule has 3 atom stereocenters. The molecule has 1 heterocycles. The van der Waals surface area contributed by atoms with Gasteiger partial charge in [-0.3, -0.25) is 9.59 Å². The monoisotopic (exact) mass is 311 g/mol.